The van der Waals surface area contributed by atoms with E-state index in [2.05, 4.69) is 56.3 Å². The zero-order valence-corrected chi connectivity index (χ0v) is 22.7. The number of anilines is 1. The van der Waals surface area contributed by atoms with Crippen molar-refractivity contribution >= 4 is 5.69 Å². The van der Waals surface area contributed by atoms with Gasteiger partial charge in [-0.3, -0.25) is 0 Å². The SMILES string of the molecule is Cc1cc([C@@H]2C=C[C@H](c3ccc(N(C)C)cc3)C(C#N)(C#N)C2(C#N)C#N)c2c(C)ccc(C(C)C)cc1-2. The van der Waals surface area contributed by atoms with Gasteiger partial charge in [0.25, 0.3) is 0 Å². The van der Waals surface area contributed by atoms with Crippen molar-refractivity contribution in [1.29, 1.82) is 21.0 Å². The maximum Gasteiger partial charge on any atom is 0.186 e. The molecule has 1 aromatic carbocycles. The topological polar surface area (TPSA) is 98.4 Å². The van der Waals surface area contributed by atoms with Gasteiger partial charge in [0, 0.05) is 31.6 Å². The summed E-state index contributed by atoms with van der Waals surface area (Å²) in [5, 5.41) is 42.4. The molecule has 0 N–H and O–H groups in total. The number of hydrogen-bond donors (Lipinski definition) is 0. The van der Waals surface area contributed by atoms with Crippen molar-refractivity contribution in [3.63, 3.8) is 0 Å². The molecule has 5 nitrogen and oxygen atoms in total. The van der Waals surface area contributed by atoms with Gasteiger partial charge >= 0.3 is 0 Å². The lowest BCUT2D eigenvalue weighted by molar-refractivity contribution is 0.231. The van der Waals surface area contributed by atoms with Crippen LogP contribution >= 0.6 is 0 Å². The largest absolute Gasteiger partial charge is 0.378 e. The molecule has 0 fully saturated rings. The Morgan fingerprint density at radius 2 is 1.29 bits per heavy atom. The molecule has 0 spiro atoms. The molecular weight excluding hydrogens is 466 g/mol. The highest BCUT2D eigenvalue weighted by Crippen LogP contribution is 2.61. The average Bonchev–Trinajstić information content (AvgIpc) is 3.13. The van der Waals surface area contributed by atoms with E-state index in [-0.39, 0.29) is 0 Å². The Bertz CT molecular complexity index is 1520. The van der Waals surface area contributed by atoms with Crippen LogP contribution in [-0.4, -0.2) is 14.1 Å². The number of hydrogen-bond acceptors (Lipinski definition) is 5. The summed E-state index contributed by atoms with van der Waals surface area (Å²) in [7, 11) is 3.87. The summed E-state index contributed by atoms with van der Waals surface area (Å²) in [6.45, 7) is 8.35. The van der Waals surface area contributed by atoms with Crippen LogP contribution in [0.5, 0.6) is 0 Å². The number of aryl methyl sites for hydroxylation is 2. The molecule has 0 radical (unpaired) electrons. The monoisotopic (exact) mass is 497 g/mol. The van der Waals surface area contributed by atoms with E-state index < -0.39 is 22.7 Å². The van der Waals surface area contributed by atoms with Crippen LogP contribution in [-0.2, 0) is 0 Å². The number of fused-ring (bicyclic) bond motifs is 1. The molecule has 0 saturated heterocycles. The van der Waals surface area contributed by atoms with Gasteiger partial charge in [0.05, 0.1) is 24.3 Å². The molecule has 5 heteroatoms. The standard InChI is InChI=1S/C33H31N5/c1-21(2)25-8-7-22(3)31-27(16-25)23(4)15-28(31)30-14-13-29(24-9-11-26(12-10-24)38(5)6)32(17-34,18-35)33(30,19-36)20-37/h7-16,21,29-30H,1-6H3/t29-,30+/m1/s1. The number of rotatable bonds is 4. The second-order valence-electron chi connectivity index (χ2n) is 10.8. The molecule has 2 atom stereocenters. The highest BCUT2D eigenvalue weighted by atomic mass is 15.1. The molecule has 188 valence electrons. The fraction of sp³-hybridized carbons (Fsp3) is 0.333. The van der Waals surface area contributed by atoms with Gasteiger partial charge in [-0.1, -0.05) is 62.4 Å². The lowest BCUT2D eigenvalue weighted by Crippen LogP contribution is -2.48. The lowest BCUT2D eigenvalue weighted by atomic mass is 9.50. The number of nitriles is 4. The van der Waals surface area contributed by atoms with E-state index in [9.17, 15) is 21.0 Å². The van der Waals surface area contributed by atoms with Crippen molar-refractivity contribution in [2.45, 2.75) is 45.4 Å². The molecule has 1 aromatic rings. The molecule has 0 unspecified atom stereocenters. The van der Waals surface area contributed by atoms with Crippen molar-refractivity contribution in [1.82, 2.24) is 0 Å². The molecule has 0 aromatic heterocycles. The van der Waals surface area contributed by atoms with Crippen molar-refractivity contribution in [2.75, 3.05) is 19.0 Å². The summed E-state index contributed by atoms with van der Waals surface area (Å²) in [5.41, 5.74) is 3.94. The fourth-order valence-electron chi connectivity index (χ4n) is 5.85. The predicted octanol–water partition coefficient (Wildman–Crippen LogP) is 7.10. The first kappa shape index (κ1) is 26.5. The summed E-state index contributed by atoms with van der Waals surface area (Å²) in [4.78, 5) is 1.96. The third-order valence-corrected chi connectivity index (χ3v) is 8.11. The third-order valence-electron chi connectivity index (χ3n) is 8.11. The summed E-state index contributed by atoms with van der Waals surface area (Å²) < 4.78 is 0. The first-order valence-electron chi connectivity index (χ1n) is 12.7. The van der Waals surface area contributed by atoms with Crippen LogP contribution in [0.15, 0.2) is 60.7 Å². The van der Waals surface area contributed by atoms with Gasteiger partial charge in [-0.15, -0.1) is 0 Å². The first-order valence-corrected chi connectivity index (χ1v) is 12.7. The zero-order valence-electron chi connectivity index (χ0n) is 22.7. The van der Waals surface area contributed by atoms with E-state index in [0.29, 0.717) is 5.92 Å². The maximum atomic E-state index is 10.7. The maximum absolute atomic E-state index is 10.7. The molecule has 0 saturated carbocycles. The van der Waals surface area contributed by atoms with Crippen molar-refractivity contribution in [2.24, 2.45) is 10.8 Å². The van der Waals surface area contributed by atoms with Crippen molar-refractivity contribution in [3.8, 4) is 35.4 Å². The van der Waals surface area contributed by atoms with Crippen LogP contribution in [0.3, 0.4) is 0 Å². The van der Waals surface area contributed by atoms with Crippen LogP contribution in [0.2, 0.25) is 0 Å². The van der Waals surface area contributed by atoms with Gasteiger partial charge in [-0.25, -0.2) is 0 Å². The van der Waals surface area contributed by atoms with Gasteiger partial charge in [0.1, 0.15) is 0 Å². The molecule has 0 bridgehead atoms. The second-order valence-corrected chi connectivity index (χ2v) is 10.8. The molecule has 4 rings (SSSR count). The zero-order chi connectivity index (χ0) is 27.8. The molecule has 3 aliphatic carbocycles. The van der Waals surface area contributed by atoms with Crippen LogP contribution in [0.1, 0.15) is 59.4 Å². The van der Waals surface area contributed by atoms with Crippen LogP contribution in [0.4, 0.5) is 5.69 Å². The Kier molecular flexibility index (Phi) is 6.77. The summed E-state index contributed by atoms with van der Waals surface area (Å²) >= 11 is 0. The Hall–Kier alpha value is -4.58. The lowest BCUT2D eigenvalue weighted by Gasteiger charge is -2.43. The van der Waals surface area contributed by atoms with Crippen LogP contribution in [0, 0.1) is 70.0 Å². The summed E-state index contributed by atoms with van der Waals surface area (Å²) in [5.74, 6) is -1.16. The Morgan fingerprint density at radius 3 is 1.82 bits per heavy atom. The highest BCUT2D eigenvalue weighted by molar-refractivity contribution is 5.80. The quantitative estimate of drug-likeness (QED) is 0.358. The van der Waals surface area contributed by atoms with E-state index in [0.717, 1.165) is 39.1 Å². The molecule has 0 heterocycles. The average molecular weight is 498 g/mol. The third kappa shape index (κ3) is 3.72. The molecule has 38 heavy (non-hydrogen) atoms. The minimum atomic E-state index is -1.93. The number of allylic oxidation sites excluding steroid dienone is 2. The van der Waals surface area contributed by atoms with Gasteiger partial charge in [-0.2, -0.15) is 21.0 Å². The minimum Gasteiger partial charge on any atom is -0.378 e. The number of benzene rings is 1. The second kappa shape index (κ2) is 9.71. The Balaban J connectivity index is 2.00. The molecule has 0 aliphatic heterocycles. The fourth-order valence-corrected chi connectivity index (χ4v) is 5.85. The molecular formula is C33H31N5. The van der Waals surface area contributed by atoms with E-state index in [1.807, 2.05) is 75.3 Å². The smallest absolute Gasteiger partial charge is 0.186 e. The number of nitrogens with zero attached hydrogens (tertiary/aromatic N) is 5. The van der Waals surface area contributed by atoms with E-state index >= 15 is 0 Å². The predicted molar refractivity (Wildman–Crippen MR) is 149 cm³/mol. The van der Waals surface area contributed by atoms with Crippen LogP contribution < -0.4 is 4.90 Å². The highest BCUT2D eigenvalue weighted by Gasteiger charge is 2.64. The Morgan fingerprint density at radius 1 is 0.737 bits per heavy atom. The van der Waals surface area contributed by atoms with Gasteiger partial charge in [0.15, 0.2) is 10.8 Å². The molecule has 0 amide bonds. The van der Waals surface area contributed by atoms with Gasteiger partial charge in [0.2, 0.25) is 0 Å². The van der Waals surface area contributed by atoms with Crippen molar-refractivity contribution in [3.05, 3.63) is 88.5 Å². The van der Waals surface area contributed by atoms with E-state index in [1.54, 1.807) is 0 Å². The van der Waals surface area contributed by atoms with E-state index in [1.165, 1.54) is 5.56 Å². The normalized spacial score (nSPS) is 19.2. The molecule has 3 aliphatic rings. The van der Waals surface area contributed by atoms with Gasteiger partial charge < -0.3 is 4.90 Å². The van der Waals surface area contributed by atoms with Crippen LogP contribution in [0.25, 0.3) is 11.1 Å². The Labute approximate surface area is 225 Å². The summed E-state index contributed by atoms with van der Waals surface area (Å²) in [6.07, 6.45) is 3.72. The van der Waals surface area contributed by atoms with Gasteiger partial charge in [-0.05, 0) is 70.8 Å². The van der Waals surface area contributed by atoms with Crippen molar-refractivity contribution < 1.29 is 0 Å². The van der Waals surface area contributed by atoms with E-state index in [4.69, 9.17) is 0 Å². The first-order chi connectivity index (χ1) is 18.1. The minimum absolute atomic E-state index is 0.333. The summed E-state index contributed by atoms with van der Waals surface area (Å²) in [6, 6.07) is 24.7.